The maximum atomic E-state index is 13.6. The quantitative estimate of drug-likeness (QED) is 0.516. The maximum Gasteiger partial charge on any atom is 0.255 e. The van der Waals surface area contributed by atoms with Gasteiger partial charge in [0.05, 0.1) is 23.2 Å². The third-order valence-electron chi connectivity index (χ3n) is 8.99. The lowest BCUT2D eigenvalue weighted by molar-refractivity contribution is 0.0335. The van der Waals surface area contributed by atoms with Crippen LogP contribution in [0.4, 0.5) is 5.00 Å². The van der Waals surface area contributed by atoms with Crippen LogP contribution in [0, 0.1) is 20.8 Å². The first-order valence-corrected chi connectivity index (χ1v) is 14.7. The van der Waals surface area contributed by atoms with Crippen LogP contribution in [0.3, 0.4) is 0 Å². The average Bonchev–Trinajstić information content (AvgIpc) is 3.50. The summed E-state index contributed by atoms with van der Waals surface area (Å²) < 4.78 is 2.10. The second-order valence-electron chi connectivity index (χ2n) is 11.4. The molecule has 1 saturated carbocycles. The molecule has 202 valence electrons. The molecule has 5 heterocycles. The molecule has 3 aromatic rings. The van der Waals surface area contributed by atoms with Crippen LogP contribution in [0.25, 0.3) is 0 Å². The molecule has 0 aromatic carbocycles. The monoisotopic (exact) mass is 534 g/mol. The van der Waals surface area contributed by atoms with Crippen molar-refractivity contribution < 1.29 is 4.79 Å². The number of carbonyl (C=O) groups is 1. The molecular weight excluding hydrogens is 496 g/mol. The number of fused-ring (bicyclic) bond motifs is 1. The van der Waals surface area contributed by atoms with Crippen LogP contribution in [-0.4, -0.2) is 69.2 Å². The minimum absolute atomic E-state index is 0.0623. The molecule has 1 N–H and O–H groups in total. The molecule has 38 heavy (non-hydrogen) atoms. The van der Waals surface area contributed by atoms with Gasteiger partial charge in [-0.25, -0.2) is 0 Å². The summed E-state index contributed by atoms with van der Waals surface area (Å²) in [5.41, 5.74) is 4.36. The zero-order valence-electron chi connectivity index (χ0n) is 22.9. The molecule has 6 rings (SSSR count). The summed E-state index contributed by atoms with van der Waals surface area (Å²) in [4.78, 5) is 37.2. The van der Waals surface area contributed by atoms with Gasteiger partial charge in [-0.1, -0.05) is 0 Å². The number of pyridine rings is 1. The first-order valence-electron chi connectivity index (χ1n) is 13.9. The van der Waals surface area contributed by atoms with E-state index >= 15 is 0 Å². The summed E-state index contributed by atoms with van der Waals surface area (Å²) in [5.74, 6) is 0.0623. The highest BCUT2D eigenvalue weighted by atomic mass is 32.1. The van der Waals surface area contributed by atoms with Gasteiger partial charge in [-0.3, -0.25) is 19.2 Å². The van der Waals surface area contributed by atoms with Crippen LogP contribution in [0.1, 0.15) is 69.3 Å². The van der Waals surface area contributed by atoms with E-state index < -0.39 is 0 Å². The average molecular weight is 535 g/mol. The van der Waals surface area contributed by atoms with Crippen molar-refractivity contribution in [3.8, 4) is 0 Å². The molecule has 0 atom stereocenters. The molecule has 0 bridgehead atoms. The van der Waals surface area contributed by atoms with E-state index in [1.54, 1.807) is 11.3 Å². The fraction of sp³-hybridized carbons (Fsp3) is 0.552. The molecule has 0 spiro atoms. The van der Waals surface area contributed by atoms with Crippen molar-refractivity contribution in [1.29, 1.82) is 0 Å². The van der Waals surface area contributed by atoms with Gasteiger partial charge in [-0.15, -0.1) is 11.3 Å². The third-order valence-corrected chi connectivity index (χ3v) is 10.4. The molecule has 3 aliphatic rings. The lowest BCUT2D eigenvalue weighted by Gasteiger charge is -2.47. The second-order valence-corrected chi connectivity index (χ2v) is 12.5. The maximum absolute atomic E-state index is 13.6. The normalized spacial score (nSPS) is 22.4. The largest absolute Gasteiger partial charge is 0.363 e. The van der Waals surface area contributed by atoms with E-state index in [-0.39, 0.29) is 11.5 Å². The van der Waals surface area contributed by atoms with Gasteiger partial charge in [-0.2, -0.15) is 5.10 Å². The number of aromatic amines is 1. The van der Waals surface area contributed by atoms with Gasteiger partial charge in [-0.05, 0) is 69.7 Å². The molecule has 0 radical (unpaired) electrons. The SMILES string of the molecule is Cc1cc(C)c(CN2CCc3sc(N(C)C4CCC(N5CC(n6cccn6)C5)CC4)c(C)c3C2=O)c(=O)[nH]1. The Labute approximate surface area is 228 Å². The van der Waals surface area contributed by atoms with Gasteiger partial charge >= 0.3 is 0 Å². The first-order chi connectivity index (χ1) is 18.3. The number of H-pyrrole nitrogens is 1. The second kappa shape index (κ2) is 10.0. The number of thiophene rings is 1. The molecule has 3 aromatic heterocycles. The van der Waals surface area contributed by atoms with Gasteiger partial charge in [0.25, 0.3) is 11.5 Å². The fourth-order valence-electron chi connectivity index (χ4n) is 6.70. The Hall–Kier alpha value is -2.91. The predicted octanol–water partition coefficient (Wildman–Crippen LogP) is 4.06. The zero-order valence-corrected chi connectivity index (χ0v) is 23.7. The van der Waals surface area contributed by atoms with Crippen LogP contribution < -0.4 is 10.5 Å². The number of aromatic nitrogens is 3. The molecule has 0 unspecified atom stereocenters. The van der Waals surface area contributed by atoms with Crippen LogP contribution in [-0.2, 0) is 13.0 Å². The fourth-order valence-corrected chi connectivity index (χ4v) is 8.01. The number of carbonyl (C=O) groups excluding carboxylic acids is 1. The Morgan fingerprint density at radius 1 is 1.11 bits per heavy atom. The van der Waals surface area contributed by atoms with Gasteiger partial charge in [0.15, 0.2) is 0 Å². The number of nitrogens with one attached hydrogen (secondary N) is 1. The molecule has 1 saturated heterocycles. The highest BCUT2D eigenvalue weighted by molar-refractivity contribution is 7.16. The lowest BCUT2D eigenvalue weighted by atomic mass is 9.87. The summed E-state index contributed by atoms with van der Waals surface area (Å²) in [7, 11) is 2.21. The molecule has 8 nitrogen and oxygen atoms in total. The summed E-state index contributed by atoms with van der Waals surface area (Å²) in [5, 5.41) is 5.64. The van der Waals surface area contributed by atoms with E-state index in [4.69, 9.17) is 0 Å². The minimum Gasteiger partial charge on any atom is -0.363 e. The van der Waals surface area contributed by atoms with E-state index in [9.17, 15) is 9.59 Å². The van der Waals surface area contributed by atoms with Crippen LogP contribution in [0.15, 0.2) is 29.3 Å². The minimum atomic E-state index is -0.0886. The van der Waals surface area contributed by atoms with Gasteiger partial charge in [0.1, 0.15) is 0 Å². The number of aryl methyl sites for hydroxylation is 2. The van der Waals surface area contributed by atoms with Crippen molar-refractivity contribution in [3.05, 3.63) is 67.7 Å². The Bertz CT molecular complexity index is 1380. The lowest BCUT2D eigenvalue weighted by Crippen LogP contribution is -2.54. The smallest absolute Gasteiger partial charge is 0.255 e. The predicted molar refractivity (Wildman–Crippen MR) is 151 cm³/mol. The molecular formula is C29H38N6O2S. The van der Waals surface area contributed by atoms with E-state index in [1.807, 2.05) is 37.1 Å². The van der Waals surface area contributed by atoms with Crippen LogP contribution in [0.2, 0.25) is 0 Å². The Kier molecular flexibility index (Phi) is 6.68. The standard InChI is InChI=1S/C29H38N6O2S/c1-18-14-19(2)31-27(36)24(18)17-33-13-10-25-26(28(33)37)20(3)29(38-25)32(4)21-6-8-22(9-7-21)34-15-23(16-34)35-12-5-11-30-35/h5,11-12,14,21-23H,6-10,13,15-17H2,1-4H3,(H,31,36). The van der Waals surface area contributed by atoms with Crippen molar-refractivity contribution >= 4 is 22.2 Å². The van der Waals surface area contributed by atoms with Gasteiger partial charge in [0, 0.05) is 73.7 Å². The highest BCUT2D eigenvalue weighted by Gasteiger charge is 2.37. The number of amides is 1. The first kappa shape index (κ1) is 25.4. The number of nitrogens with zero attached hydrogens (tertiary/aromatic N) is 5. The van der Waals surface area contributed by atoms with Crippen LogP contribution in [0.5, 0.6) is 0 Å². The van der Waals surface area contributed by atoms with Crippen molar-refractivity contribution in [2.24, 2.45) is 0 Å². The number of likely N-dealkylation sites (tertiary alicyclic amines) is 1. The Morgan fingerprint density at radius 2 is 1.87 bits per heavy atom. The summed E-state index contributed by atoms with van der Waals surface area (Å²) in [6.45, 7) is 9.18. The molecule has 2 fully saturated rings. The Balaban J connectivity index is 1.10. The number of anilines is 1. The summed E-state index contributed by atoms with van der Waals surface area (Å²) >= 11 is 1.80. The van der Waals surface area contributed by atoms with E-state index in [0.717, 1.165) is 41.9 Å². The van der Waals surface area contributed by atoms with Crippen molar-refractivity contribution in [1.82, 2.24) is 24.6 Å². The zero-order chi connectivity index (χ0) is 26.6. The highest BCUT2D eigenvalue weighted by Crippen LogP contribution is 2.41. The molecule has 1 aliphatic carbocycles. The van der Waals surface area contributed by atoms with Crippen molar-refractivity contribution in [3.63, 3.8) is 0 Å². The van der Waals surface area contributed by atoms with Crippen molar-refractivity contribution in [2.45, 2.75) is 77.5 Å². The van der Waals surface area contributed by atoms with Gasteiger partial charge < -0.3 is 14.8 Å². The van der Waals surface area contributed by atoms with E-state index in [2.05, 4.69) is 44.7 Å². The molecule has 2 aliphatic heterocycles. The van der Waals surface area contributed by atoms with E-state index in [1.165, 1.54) is 35.6 Å². The van der Waals surface area contributed by atoms with E-state index in [0.29, 0.717) is 36.8 Å². The molecule has 1 amide bonds. The summed E-state index contributed by atoms with van der Waals surface area (Å²) in [6.07, 6.45) is 9.60. The Morgan fingerprint density at radius 3 is 2.55 bits per heavy atom. The summed E-state index contributed by atoms with van der Waals surface area (Å²) in [6, 6.07) is 5.69. The topological polar surface area (TPSA) is 77.5 Å². The van der Waals surface area contributed by atoms with Gasteiger partial charge in [0.2, 0.25) is 0 Å². The van der Waals surface area contributed by atoms with Crippen LogP contribution >= 0.6 is 11.3 Å². The number of rotatable bonds is 6. The number of hydrogen-bond acceptors (Lipinski definition) is 6. The number of hydrogen-bond donors (Lipinski definition) is 1. The third kappa shape index (κ3) is 4.49. The van der Waals surface area contributed by atoms with Crippen molar-refractivity contribution in [2.75, 3.05) is 31.6 Å². The molecule has 9 heteroatoms.